The number of anilines is 1. The molecule has 2 aromatic rings. The summed E-state index contributed by atoms with van der Waals surface area (Å²) in [5, 5.41) is 2.59. The Kier molecular flexibility index (Phi) is 7.21. The molecule has 2 amide bonds. The molecule has 3 N–H and O–H groups in total. The molecule has 0 radical (unpaired) electrons. The number of ether oxygens (including phenoxy) is 4. The third kappa shape index (κ3) is 5.90. The van der Waals surface area contributed by atoms with Crippen LogP contribution in [0.15, 0.2) is 42.5 Å². The standard InChI is InChI=1S/C19H20N2O7/c1-25-14-7-8-16(26-2)15(9-14)21-18(23)11-28-19(24)12-3-5-13(6-4-12)27-10-17(20)22/h3-9H,10-11H2,1-2H3,(H2,20,22)(H,21,23). The monoisotopic (exact) mass is 388 g/mol. The van der Waals surface area contributed by atoms with Crippen LogP contribution in [0.1, 0.15) is 10.4 Å². The number of nitrogens with one attached hydrogen (secondary N) is 1. The van der Waals surface area contributed by atoms with Crippen molar-refractivity contribution in [3.63, 3.8) is 0 Å². The minimum atomic E-state index is -0.686. The fraction of sp³-hybridized carbons (Fsp3) is 0.211. The van der Waals surface area contributed by atoms with Crippen LogP contribution in [-0.4, -0.2) is 45.2 Å². The van der Waals surface area contributed by atoms with Crippen LogP contribution in [0.5, 0.6) is 17.2 Å². The van der Waals surface area contributed by atoms with Crippen molar-refractivity contribution >= 4 is 23.5 Å². The maximum Gasteiger partial charge on any atom is 0.338 e. The minimum absolute atomic E-state index is 0.221. The third-order valence-corrected chi connectivity index (χ3v) is 3.49. The van der Waals surface area contributed by atoms with E-state index < -0.39 is 24.4 Å². The predicted octanol–water partition coefficient (Wildman–Crippen LogP) is 1.36. The largest absolute Gasteiger partial charge is 0.497 e. The Morgan fingerprint density at radius 2 is 1.61 bits per heavy atom. The van der Waals surface area contributed by atoms with Crippen molar-refractivity contribution in [1.82, 2.24) is 0 Å². The number of amides is 2. The molecule has 0 aromatic heterocycles. The van der Waals surface area contributed by atoms with Gasteiger partial charge in [-0.1, -0.05) is 0 Å². The first kappa shape index (κ1) is 20.6. The van der Waals surface area contributed by atoms with Gasteiger partial charge in [-0.05, 0) is 36.4 Å². The molecule has 0 saturated heterocycles. The summed E-state index contributed by atoms with van der Waals surface area (Å²) in [6.45, 7) is -0.753. The molecule has 2 rings (SSSR count). The molecule has 2 aromatic carbocycles. The second-order valence-electron chi connectivity index (χ2n) is 5.47. The zero-order valence-corrected chi connectivity index (χ0v) is 15.4. The molecule has 9 heteroatoms. The normalized spacial score (nSPS) is 9.93. The van der Waals surface area contributed by atoms with E-state index in [1.54, 1.807) is 18.2 Å². The van der Waals surface area contributed by atoms with Crippen molar-refractivity contribution < 1.29 is 33.3 Å². The summed E-state index contributed by atoms with van der Waals surface area (Å²) < 4.78 is 20.4. The maximum absolute atomic E-state index is 12.1. The van der Waals surface area contributed by atoms with Crippen LogP contribution in [0.2, 0.25) is 0 Å². The number of benzene rings is 2. The lowest BCUT2D eigenvalue weighted by atomic mass is 10.2. The second-order valence-corrected chi connectivity index (χ2v) is 5.47. The Hall–Kier alpha value is -3.75. The van der Waals surface area contributed by atoms with E-state index in [0.29, 0.717) is 22.9 Å². The average molecular weight is 388 g/mol. The van der Waals surface area contributed by atoms with Crippen molar-refractivity contribution in [2.24, 2.45) is 5.73 Å². The first-order chi connectivity index (χ1) is 13.4. The number of hydrogen-bond acceptors (Lipinski definition) is 7. The van der Waals surface area contributed by atoms with Crippen LogP contribution >= 0.6 is 0 Å². The van der Waals surface area contributed by atoms with Gasteiger partial charge in [0.25, 0.3) is 11.8 Å². The van der Waals surface area contributed by atoms with E-state index in [0.717, 1.165) is 0 Å². The lowest BCUT2D eigenvalue weighted by Crippen LogP contribution is -2.21. The van der Waals surface area contributed by atoms with E-state index in [4.69, 9.17) is 24.7 Å². The van der Waals surface area contributed by atoms with E-state index in [1.807, 2.05) is 0 Å². The van der Waals surface area contributed by atoms with E-state index >= 15 is 0 Å². The van der Waals surface area contributed by atoms with Crippen molar-refractivity contribution in [1.29, 1.82) is 0 Å². The molecule has 0 spiro atoms. The molecule has 148 valence electrons. The topological polar surface area (TPSA) is 126 Å². The molecular formula is C19H20N2O7. The highest BCUT2D eigenvalue weighted by Gasteiger charge is 2.13. The molecule has 0 heterocycles. The van der Waals surface area contributed by atoms with Gasteiger partial charge in [0.2, 0.25) is 0 Å². The molecule has 0 atom stereocenters. The Labute approximate surface area is 161 Å². The quantitative estimate of drug-likeness (QED) is 0.621. The highest BCUT2D eigenvalue weighted by atomic mass is 16.5. The van der Waals surface area contributed by atoms with Crippen LogP contribution in [0.25, 0.3) is 0 Å². The number of methoxy groups -OCH3 is 2. The number of carbonyl (C=O) groups excluding carboxylic acids is 3. The summed E-state index contributed by atoms with van der Waals surface area (Å²) in [7, 11) is 2.97. The summed E-state index contributed by atoms with van der Waals surface area (Å²) in [6, 6.07) is 10.8. The van der Waals surface area contributed by atoms with Gasteiger partial charge < -0.3 is 30.0 Å². The first-order valence-electron chi connectivity index (χ1n) is 8.13. The highest BCUT2D eigenvalue weighted by molar-refractivity contribution is 5.96. The SMILES string of the molecule is COc1ccc(OC)c(NC(=O)COC(=O)c2ccc(OCC(N)=O)cc2)c1. The van der Waals surface area contributed by atoms with Gasteiger partial charge in [-0.15, -0.1) is 0 Å². The maximum atomic E-state index is 12.1. The smallest absolute Gasteiger partial charge is 0.338 e. The number of esters is 1. The zero-order valence-electron chi connectivity index (χ0n) is 15.4. The summed E-state index contributed by atoms with van der Waals surface area (Å²) in [5.41, 5.74) is 5.59. The van der Waals surface area contributed by atoms with Gasteiger partial charge in [0, 0.05) is 6.07 Å². The van der Waals surface area contributed by atoms with E-state index in [-0.39, 0.29) is 12.2 Å². The van der Waals surface area contributed by atoms with E-state index in [2.05, 4.69) is 5.32 Å². The fourth-order valence-corrected chi connectivity index (χ4v) is 2.15. The van der Waals surface area contributed by atoms with Crippen LogP contribution in [0, 0.1) is 0 Å². The lowest BCUT2D eigenvalue weighted by molar-refractivity contribution is -0.120. The molecule has 0 aliphatic heterocycles. The van der Waals surface area contributed by atoms with Gasteiger partial charge in [0.1, 0.15) is 17.2 Å². The van der Waals surface area contributed by atoms with E-state index in [1.165, 1.54) is 38.5 Å². The molecule has 0 aliphatic carbocycles. The van der Waals surface area contributed by atoms with Crippen molar-refractivity contribution in [2.45, 2.75) is 0 Å². The van der Waals surface area contributed by atoms with E-state index in [9.17, 15) is 14.4 Å². The molecule has 0 saturated carbocycles. The van der Waals surface area contributed by atoms with Gasteiger partial charge in [0.05, 0.1) is 25.5 Å². The number of primary amides is 1. The summed E-state index contributed by atoms with van der Waals surface area (Å²) in [4.78, 5) is 34.8. The summed E-state index contributed by atoms with van der Waals surface area (Å²) >= 11 is 0. The van der Waals surface area contributed by atoms with Gasteiger partial charge >= 0.3 is 5.97 Å². The van der Waals surface area contributed by atoms with Crippen LogP contribution < -0.4 is 25.3 Å². The Balaban J connectivity index is 1.90. The molecule has 0 unspecified atom stereocenters. The summed E-state index contributed by atoms with van der Waals surface area (Å²) in [5.74, 6) is -0.491. The molecule has 0 bridgehead atoms. The van der Waals surface area contributed by atoms with Crippen molar-refractivity contribution in [2.75, 3.05) is 32.8 Å². The zero-order chi connectivity index (χ0) is 20.5. The number of carbonyl (C=O) groups is 3. The van der Waals surface area contributed by atoms with Crippen LogP contribution in [0.3, 0.4) is 0 Å². The molecule has 28 heavy (non-hydrogen) atoms. The lowest BCUT2D eigenvalue weighted by Gasteiger charge is -2.12. The van der Waals surface area contributed by atoms with Gasteiger partial charge in [-0.2, -0.15) is 0 Å². The molecular weight excluding hydrogens is 368 g/mol. The van der Waals surface area contributed by atoms with Crippen LogP contribution in [-0.2, 0) is 14.3 Å². The van der Waals surface area contributed by atoms with Crippen molar-refractivity contribution in [3.05, 3.63) is 48.0 Å². The molecule has 0 aliphatic rings. The number of hydrogen-bond donors (Lipinski definition) is 2. The average Bonchev–Trinajstić information content (AvgIpc) is 2.70. The highest BCUT2D eigenvalue weighted by Crippen LogP contribution is 2.28. The third-order valence-electron chi connectivity index (χ3n) is 3.49. The Morgan fingerprint density at radius 3 is 2.21 bits per heavy atom. The second kappa shape index (κ2) is 9.81. The number of nitrogens with two attached hydrogens (primary N) is 1. The van der Waals surface area contributed by atoms with Gasteiger partial charge in [0.15, 0.2) is 13.2 Å². The predicted molar refractivity (Wildman–Crippen MR) is 99.6 cm³/mol. The number of rotatable bonds is 9. The van der Waals surface area contributed by atoms with Crippen LogP contribution in [0.4, 0.5) is 5.69 Å². The first-order valence-corrected chi connectivity index (χ1v) is 8.13. The molecule has 9 nitrogen and oxygen atoms in total. The molecule has 0 fully saturated rings. The van der Waals surface area contributed by atoms with Gasteiger partial charge in [-0.3, -0.25) is 9.59 Å². The Bertz CT molecular complexity index is 850. The van der Waals surface area contributed by atoms with Crippen molar-refractivity contribution in [3.8, 4) is 17.2 Å². The fourth-order valence-electron chi connectivity index (χ4n) is 2.15. The summed E-state index contributed by atoms with van der Waals surface area (Å²) in [6.07, 6.45) is 0. The Morgan fingerprint density at radius 1 is 0.929 bits per heavy atom. The minimum Gasteiger partial charge on any atom is -0.497 e. The van der Waals surface area contributed by atoms with Gasteiger partial charge in [-0.25, -0.2) is 4.79 Å².